The average molecular weight is 448 g/mol. The second kappa shape index (κ2) is 7.98. The highest BCUT2D eigenvalue weighted by Crippen LogP contribution is 2.40. The van der Waals surface area contributed by atoms with E-state index in [-0.39, 0.29) is 12.1 Å². The molecule has 0 bridgehead atoms. The molecule has 8 heteroatoms. The van der Waals surface area contributed by atoms with Gasteiger partial charge in [0.05, 0.1) is 23.0 Å². The van der Waals surface area contributed by atoms with Gasteiger partial charge in [-0.05, 0) is 31.0 Å². The lowest BCUT2D eigenvalue weighted by molar-refractivity contribution is -0.130. The van der Waals surface area contributed by atoms with Crippen LogP contribution in [0.25, 0.3) is 5.70 Å². The molecule has 1 amide bonds. The number of nitrogens with zero attached hydrogens (tertiary/aromatic N) is 3. The van der Waals surface area contributed by atoms with Gasteiger partial charge in [0, 0.05) is 68.0 Å². The second-order valence-electron chi connectivity index (χ2n) is 8.54. The van der Waals surface area contributed by atoms with Crippen molar-refractivity contribution in [2.75, 3.05) is 39.3 Å². The largest absolute Gasteiger partial charge is 0.383 e. The van der Waals surface area contributed by atoms with Crippen LogP contribution in [0.3, 0.4) is 0 Å². The molecule has 1 aromatic rings. The van der Waals surface area contributed by atoms with Gasteiger partial charge in [-0.25, -0.2) is 0 Å². The van der Waals surface area contributed by atoms with E-state index in [1.807, 2.05) is 17.0 Å². The first kappa shape index (κ1) is 20.0. The lowest BCUT2D eigenvalue weighted by Gasteiger charge is -2.37. The van der Waals surface area contributed by atoms with Crippen LogP contribution in [0.5, 0.6) is 0 Å². The number of nitrogens with one attached hydrogen (secondary N) is 2. The molecule has 6 nitrogen and oxygen atoms in total. The first-order valence-corrected chi connectivity index (χ1v) is 11.4. The maximum absolute atomic E-state index is 11.7. The third-order valence-corrected chi connectivity index (χ3v) is 6.98. The van der Waals surface area contributed by atoms with Crippen LogP contribution in [0.15, 0.2) is 35.8 Å². The van der Waals surface area contributed by atoms with E-state index >= 15 is 0 Å². The molecule has 1 atom stereocenters. The molecule has 1 saturated heterocycles. The van der Waals surface area contributed by atoms with E-state index in [1.165, 1.54) is 24.2 Å². The van der Waals surface area contributed by atoms with E-state index in [1.54, 1.807) is 13.0 Å². The number of benzene rings is 1. The summed E-state index contributed by atoms with van der Waals surface area (Å²) in [5.74, 6) is 0.832. The van der Waals surface area contributed by atoms with Crippen LogP contribution in [0.2, 0.25) is 10.0 Å². The van der Waals surface area contributed by atoms with Gasteiger partial charge in [-0.2, -0.15) is 0 Å². The summed E-state index contributed by atoms with van der Waals surface area (Å²) >= 11 is 12.7. The second-order valence-corrected chi connectivity index (χ2v) is 9.38. The topological polar surface area (TPSA) is 50.9 Å². The smallest absolute Gasteiger partial charge is 0.219 e. The normalized spacial score (nSPS) is 24.4. The Balaban J connectivity index is 1.46. The molecule has 3 aliphatic heterocycles. The molecule has 1 aliphatic carbocycles. The van der Waals surface area contributed by atoms with Crippen LogP contribution in [0, 0.1) is 5.92 Å². The first-order chi connectivity index (χ1) is 14.5. The third-order valence-electron chi connectivity index (χ3n) is 6.43. The van der Waals surface area contributed by atoms with Crippen LogP contribution in [-0.2, 0) is 4.79 Å². The molecule has 2 fully saturated rings. The van der Waals surface area contributed by atoms with E-state index < -0.39 is 0 Å². The summed E-state index contributed by atoms with van der Waals surface area (Å²) in [6.07, 6.45) is 5.00. The maximum atomic E-state index is 11.7. The fourth-order valence-corrected chi connectivity index (χ4v) is 5.03. The van der Waals surface area contributed by atoms with Crippen LogP contribution in [0.1, 0.15) is 25.3 Å². The molecule has 3 heterocycles. The summed E-state index contributed by atoms with van der Waals surface area (Å²) in [5.41, 5.74) is 4.63. The van der Waals surface area contributed by atoms with Crippen molar-refractivity contribution < 1.29 is 4.79 Å². The summed E-state index contributed by atoms with van der Waals surface area (Å²) in [7, 11) is 0. The van der Waals surface area contributed by atoms with Crippen molar-refractivity contribution in [1.29, 1.82) is 0 Å². The summed E-state index contributed by atoms with van der Waals surface area (Å²) in [6, 6.07) is 5.69. The van der Waals surface area contributed by atoms with Crippen molar-refractivity contribution >= 4 is 34.8 Å². The summed E-state index contributed by atoms with van der Waals surface area (Å²) in [5, 5.41) is 8.60. The number of hydrogen-bond donors (Lipinski definition) is 2. The summed E-state index contributed by atoms with van der Waals surface area (Å²) < 4.78 is 0. The van der Waals surface area contributed by atoms with Gasteiger partial charge in [0.15, 0.2) is 0 Å². The predicted molar refractivity (Wildman–Crippen MR) is 120 cm³/mol. The predicted octanol–water partition coefficient (Wildman–Crippen LogP) is 2.91. The third kappa shape index (κ3) is 3.88. The molecule has 2 N–H and O–H groups in total. The minimum Gasteiger partial charge on any atom is -0.383 e. The number of fused-ring (bicyclic) bond motifs is 1. The van der Waals surface area contributed by atoms with Gasteiger partial charge >= 0.3 is 0 Å². The number of rotatable bonds is 4. The lowest BCUT2D eigenvalue weighted by atomic mass is 10.1. The molecule has 1 aromatic carbocycles. The first-order valence-electron chi connectivity index (χ1n) is 10.7. The van der Waals surface area contributed by atoms with E-state index in [0.29, 0.717) is 16.0 Å². The zero-order valence-corrected chi connectivity index (χ0v) is 18.6. The van der Waals surface area contributed by atoms with E-state index in [2.05, 4.69) is 26.6 Å². The minimum absolute atomic E-state index is 0.157. The lowest BCUT2D eigenvalue weighted by Crippen LogP contribution is -2.50. The number of hydrogen-bond acceptors (Lipinski definition) is 5. The van der Waals surface area contributed by atoms with E-state index in [9.17, 15) is 4.79 Å². The Hall–Kier alpha value is -1.89. The molecule has 160 valence electrons. The van der Waals surface area contributed by atoms with Crippen molar-refractivity contribution in [3.05, 3.63) is 51.4 Å². The van der Waals surface area contributed by atoms with Crippen LogP contribution in [0.4, 0.5) is 0 Å². The highest BCUT2D eigenvalue weighted by atomic mass is 35.5. The minimum atomic E-state index is 0.157. The zero-order chi connectivity index (χ0) is 20.8. The van der Waals surface area contributed by atoms with Gasteiger partial charge in [-0.1, -0.05) is 23.2 Å². The van der Waals surface area contributed by atoms with Gasteiger partial charge < -0.3 is 20.4 Å². The monoisotopic (exact) mass is 447 g/mol. The highest BCUT2D eigenvalue weighted by molar-refractivity contribution is 6.35. The van der Waals surface area contributed by atoms with Gasteiger partial charge in [-0.15, -0.1) is 0 Å². The van der Waals surface area contributed by atoms with E-state index in [4.69, 9.17) is 23.2 Å². The number of allylic oxidation sites excluding steroid dienone is 1. The Morgan fingerprint density at radius 1 is 1.17 bits per heavy atom. The molecule has 5 rings (SSSR count). The average Bonchev–Trinajstić information content (AvgIpc) is 3.52. The quantitative estimate of drug-likeness (QED) is 0.742. The van der Waals surface area contributed by atoms with E-state index in [0.717, 1.165) is 50.5 Å². The fraction of sp³-hybridized carbons (Fsp3) is 0.500. The van der Waals surface area contributed by atoms with Crippen molar-refractivity contribution in [2.45, 2.75) is 25.9 Å². The van der Waals surface area contributed by atoms with Crippen LogP contribution in [-0.4, -0.2) is 66.0 Å². The Labute approximate surface area is 187 Å². The van der Waals surface area contributed by atoms with Gasteiger partial charge in [-0.3, -0.25) is 9.69 Å². The fourth-order valence-electron chi connectivity index (χ4n) is 4.53. The number of piperazine rings is 1. The van der Waals surface area contributed by atoms with Gasteiger partial charge in [0.2, 0.25) is 5.91 Å². The van der Waals surface area contributed by atoms with Crippen molar-refractivity contribution in [2.24, 2.45) is 5.92 Å². The Bertz CT molecular complexity index is 918. The molecular weight excluding hydrogens is 421 g/mol. The number of carbonyl (C=O) groups excluding carboxylic acids is 1. The van der Waals surface area contributed by atoms with Crippen molar-refractivity contribution in [3.8, 4) is 0 Å². The van der Waals surface area contributed by atoms with Crippen molar-refractivity contribution in [3.63, 3.8) is 0 Å². The zero-order valence-electron chi connectivity index (χ0n) is 17.1. The Morgan fingerprint density at radius 3 is 2.60 bits per heavy atom. The molecule has 0 aromatic heterocycles. The Morgan fingerprint density at radius 2 is 1.93 bits per heavy atom. The molecule has 0 radical (unpaired) electrons. The van der Waals surface area contributed by atoms with Crippen molar-refractivity contribution in [1.82, 2.24) is 25.3 Å². The molecule has 4 aliphatic rings. The van der Waals surface area contributed by atoms with Gasteiger partial charge in [0.1, 0.15) is 6.17 Å². The SMILES string of the molecule is CC(=O)N1CCN(CC2=C(c3ccc(Cl)cc3Cl)NC3CNC(C4CC4)=CN23)CC1. The maximum Gasteiger partial charge on any atom is 0.219 e. The van der Waals surface area contributed by atoms with Gasteiger partial charge in [0.25, 0.3) is 0 Å². The number of carbonyl (C=O) groups is 1. The molecule has 30 heavy (non-hydrogen) atoms. The van der Waals surface area contributed by atoms with Crippen LogP contribution >= 0.6 is 23.2 Å². The summed E-state index contributed by atoms with van der Waals surface area (Å²) in [6.45, 7) is 6.63. The Kier molecular flexibility index (Phi) is 5.33. The number of amides is 1. The molecular formula is C22H27Cl2N5O. The van der Waals surface area contributed by atoms with Crippen LogP contribution < -0.4 is 10.6 Å². The summed E-state index contributed by atoms with van der Waals surface area (Å²) in [4.78, 5) is 18.4. The molecule has 0 spiro atoms. The molecule has 1 unspecified atom stereocenters. The number of halogens is 2. The molecule has 1 saturated carbocycles. The standard InChI is InChI=1S/C22H27Cl2N5O/c1-14(30)28-8-6-27(7-9-28)13-20-22(17-5-4-16(23)10-18(17)24)26-21-11-25-19(12-29(20)21)15-2-3-15/h4-5,10,12,15,21,25-26H,2-3,6-9,11,13H2,1H3. The highest BCUT2D eigenvalue weighted by Gasteiger charge is 2.38.